The Bertz CT molecular complexity index is 857. The lowest BCUT2D eigenvalue weighted by Crippen LogP contribution is -2.31. The summed E-state index contributed by atoms with van der Waals surface area (Å²) in [4.78, 5) is 16.6. The van der Waals surface area contributed by atoms with Gasteiger partial charge >= 0.3 is 0 Å². The van der Waals surface area contributed by atoms with Crippen molar-refractivity contribution in [2.75, 3.05) is 7.11 Å². The lowest BCUT2D eigenvalue weighted by Gasteiger charge is -2.16. The predicted octanol–water partition coefficient (Wildman–Crippen LogP) is 6.70. The summed E-state index contributed by atoms with van der Waals surface area (Å²) in [6.07, 6.45) is 15.7. The Hall–Kier alpha value is -2.88. The van der Waals surface area contributed by atoms with Crippen molar-refractivity contribution in [1.82, 2.24) is 10.3 Å². The highest BCUT2D eigenvalue weighted by Crippen LogP contribution is 2.24. The molecule has 0 aliphatic rings. The first kappa shape index (κ1) is 25.4. The average molecular weight is 435 g/mol. The number of pyridine rings is 1. The summed E-state index contributed by atoms with van der Waals surface area (Å²) in [6.45, 7) is 6.47. The number of ether oxygens (including phenoxy) is 1. The molecule has 1 aromatic heterocycles. The number of amides is 1. The number of hydrogen-bond acceptors (Lipinski definition) is 3. The zero-order valence-corrected chi connectivity index (χ0v) is 20.0. The Morgan fingerprint density at radius 1 is 1.12 bits per heavy atom. The maximum atomic E-state index is 12.4. The second-order valence-electron chi connectivity index (χ2n) is 8.41. The van der Waals surface area contributed by atoms with Gasteiger partial charge in [0.1, 0.15) is 5.75 Å². The van der Waals surface area contributed by atoms with Crippen molar-refractivity contribution in [1.29, 1.82) is 0 Å². The number of benzene rings is 1. The van der Waals surface area contributed by atoms with E-state index < -0.39 is 0 Å². The second kappa shape index (κ2) is 14.2. The minimum absolute atomic E-state index is 0.0505. The van der Waals surface area contributed by atoms with Gasteiger partial charge in [0, 0.05) is 24.5 Å². The third kappa shape index (κ3) is 9.09. The molecule has 2 rings (SSSR count). The van der Waals surface area contributed by atoms with E-state index >= 15 is 0 Å². The van der Waals surface area contributed by atoms with Crippen LogP contribution in [-0.2, 0) is 4.79 Å². The number of rotatable bonds is 13. The molecule has 0 fully saturated rings. The molecule has 0 radical (unpaired) electrons. The molecule has 172 valence electrons. The lowest BCUT2D eigenvalue weighted by atomic mass is 9.96. The summed E-state index contributed by atoms with van der Waals surface area (Å²) in [7, 11) is 1.68. The van der Waals surface area contributed by atoms with Crippen molar-refractivity contribution in [3.05, 3.63) is 78.1 Å². The number of unbranched alkanes of at least 4 members (excludes halogenated alkanes) is 2. The predicted molar refractivity (Wildman–Crippen MR) is 134 cm³/mol. The minimum atomic E-state index is -0.0505. The van der Waals surface area contributed by atoms with E-state index in [1.165, 1.54) is 29.5 Å². The summed E-state index contributed by atoms with van der Waals surface area (Å²) in [5, 5.41) is 3.08. The fraction of sp³-hybridized carbons (Fsp3) is 0.429. The van der Waals surface area contributed by atoms with Crippen LogP contribution in [-0.4, -0.2) is 24.0 Å². The highest BCUT2D eigenvalue weighted by atomic mass is 16.5. The highest BCUT2D eigenvalue weighted by Gasteiger charge is 2.10. The SMILES string of the molecule is CCCCC/C(=C\C=C\C(=O)NC(C)CCC(C)c1cccnc1)c1ccc(OC)cc1. The first-order chi connectivity index (χ1) is 15.5. The summed E-state index contributed by atoms with van der Waals surface area (Å²) in [5.74, 6) is 1.23. The van der Waals surface area contributed by atoms with Gasteiger partial charge in [0.2, 0.25) is 5.91 Å². The molecule has 4 heteroatoms. The van der Waals surface area contributed by atoms with Gasteiger partial charge in [-0.2, -0.15) is 0 Å². The van der Waals surface area contributed by atoms with Gasteiger partial charge in [-0.25, -0.2) is 0 Å². The molecular weight excluding hydrogens is 396 g/mol. The number of hydrogen-bond donors (Lipinski definition) is 1. The fourth-order valence-corrected chi connectivity index (χ4v) is 3.64. The normalized spacial score (nSPS) is 13.7. The van der Waals surface area contributed by atoms with Crippen LogP contribution >= 0.6 is 0 Å². The number of nitrogens with one attached hydrogen (secondary N) is 1. The van der Waals surface area contributed by atoms with Crippen LogP contribution in [0.15, 0.2) is 67.0 Å². The smallest absolute Gasteiger partial charge is 0.244 e. The second-order valence-corrected chi connectivity index (χ2v) is 8.41. The van der Waals surface area contributed by atoms with E-state index in [0.717, 1.165) is 31.4 Å². The largest absolute Gasteiger partial charge is 0.497 e. The number of nitrogens with zero attached hydrogens (tertiary/aromatic N) is 1. The van der Waals surface area contributed by atoms with Crippen LogP contribution in [0.3, 0.4) is 0 Å². The van der Waals surface area contributed by atoms with Crippen molar-refractivity contribution >= 4 is 11.5 Å². The molecule has 2 aromatic rings. The molecule has 0 aliphatic carbocycles. The minimum Gasteiger partial charge on any atom is -0.497 e. The quantitative estimate of drug-likeness (QED) is 0.217. The Morgan fingerprint density at radius 3 is 2.56 bits per heavy atom. The van der Waals surface area contributed by atoms with E-state index in [9.17, 15) is 4.79 Å². The highest BCUT2D eigenvalue weighted by molar-refractivity contribution is 5.88. The van der Waals surface area contributed by atoms with Crippen LogP contribution in [0.1, 0.15) is 76.3 Å². The molecule has 1 amide bonds. The van der Waals surface area contributed by atoms with Crippen molar-refractivity contribution in [3.8, 4) is 5.75 Å². The zero-order chi connectivity index (χ0) is 23.2. The third-order valence-electron chi connectivity index (χ3n) is 5.73. The lowest BCUT2D eigenvalue weighted by molar-refractivity contribution is -0.117. The number of allylic oxidation sites excluding steroid dienone is 3. The van der Waals surface area contributed by atoms with E-state index in [0.29, 0.717) is 5.92 Å². The first-order valence-corrected chi connectivity index (χ1v) is 11.8. The van der Waals surface area contributed by atoms with Crippen LogP contribution in [0.25, 0.3) is 5.57 Å². The van der Waals surface area contributed by atoms with Gasteiger partial charge in [-0.3, -0.25) is 9.78 Å². The molecule has 4 nitrogen and oxygen atoms in total. The number of carbonyl (C=O) groups excluding carboxylic acids is 1. The Balaban J connectivity index is 1.89. The van der Waals surface area contributed by atoms with Crippen LogP contribution < -0.4 is 10.1 Å². The Labute approximate surface area is 193 Å². The van der Waals surface area contributed by atoms with Gasteiger partial charge in [-0.1, -0.05) is 57.0 Å². The molecule has 2 unspecified atom stereocenters. The van der Waals surface area contributed by atoms with Crippen molar-refractivity contribution in [2.24, 2.45) is 0 Å². The molecule has 0 aliphatic heterocycles. The Morgan fingerprint density at radius 2 is 1.91 bits per heavy atom. The first-order valence-electron chi connectivity index (χ1n) is 11.8. The summed E-state index contributed by atoms with van der Waals surface area (Å²) in [6, 6.07) is 12.3. The summed E-state index contributed by atoms with van der Waals surface area (Å²) >= 11 is 0. The molecule has 1 heterocycles. The van der Waals surface area contributed by atoms with E-state index in [4.69, 9.17) is 4.74 Å². The van der Waals surface area contributed by atoms with Gasteiger partial charge in [-0.15, -0.1) is 0 Å². The van der Waals surface area contributed by atoms with Crippen molar-refractivity contribution in [2.45, 2.75) is 71.3 Å². The summed E-state index contributed by atoms with van der Waals surface area (Å²) < 4.78 is 5.27. The van der Waals surface area contributed by atoms with Gasteiger partial charge < -0.3 is 10.1 Å². The fourth-order valence-electron chi connectivity index (χ4n) is 3.64. The topological polar surface area (TPSA) is 51.2 Å². The van der Waals surface area contributed by atoms with E-state index in [1.807, 2.05) is 30.5 Å². The van der Waals surface area contributed by atoms with Gasteiger partial charge in [0.25, 0.3) is 0 Å². The molecule has 1 N–H and O–H groups in total. The van der Waals surface area contributed by atoms with Crippen molar-refractivity contribution < 1.29 is 9.53 Å². The molecule has 0 bridgehead atoms. The van der Waals surface area contributed by atoms with Gasteiger partial charge in [0.05, 0.1) is 7.11 Å². The van der Waals surface area contributed by atoms with E-state index in [-0.39, 0.29) is 11.9 Å². The molecule has 0 spiro atoms. The van der Waals surface area contributed by atoms with Crippen LogP contribution in [0.4, 0.5) is 0 Å². The molecule has 0 saturated carbocycles. The molecule has 32 heavy (non-hydrogen) atoms. The van der Waals surface area contributed by atoms with E-state index in [1.54, 1.807) is 19.4 Å². The summed E-state index contributed by atoms with van der Waals surface area (Å²) in [5.41, 5.74) is 3.65. The van der Waals surface area contributed by atoms with Gasteiger partial charge in [-0.05, 0) is 73.4 Å². The number of carbonyl (C=O) groups is 1. The number of methoxy groups -OCH3 is 1. The van der Waals surface area contributed by atoms with Crippen LogP contribution in [0, 0.1) is 0 Å². The monoisotopic (exact) mass is 434 g/mol. The van der Waals surface area contributed by atoms with Crippen molar-refractivity contribution in [3.63, 3.8) is 0 Å². The van der Waals surface area contributed by atoms with Gasteiger partial charge in [0.15, 0.2) is 0 Å². The van der Waals surface area contributed by atoms with Crippen LogP contribution in [0.2, 0.25) is 0 Å². The van der Waals surface area contributed by atoms with Crippen LogP contribution in [0.5, 0.6) is 5.75 Å². The third-order valence-corrected chi connectivity index (χ3v) is 5.73. The molecule has 2 atom stereocenters. The van der Waals surface area contributed by atoms with E-state index in [2.05, 4.69) is 55.3 Å². The standard InChI is InChI=1S/C28H38N2O2/c1-5-6-7-10-24(25-16-18-27(32-4)19-17-25)11-8-13-28(31)30-23(3)15-14-22(2)26-12-9-20-29-21-26/h8-9,11-13,16-23H,5-7,10,14-15H2,1-4H3,(H,30,31)/b13-8+,24-11+. The molecule has 0 saturated heterocycles. The maximum Gasteiger partial charge on any atom is 0.244 e. The average Bonchev–Trinajstić information content (AvgIpc) is 2.82. The molecular formula is C28H38N2O2. The molecule has 1 aromatic carbocycles. The number of aromatic nitrogens is 1. The maximum absolute atomic E-state index is 12.4. The zero-order valence-electron chi connectivity index (χ0n) is 20.0. The Kier molecular flexibility index (Phi) is 11.3.